The normalized spacial score (nSPS) is 16.8. The van der Waals surface area contributed by atoms with Gasteiger partial charge in [-0.1, -0.05) is 47.2 Å². The first-order valence-electron chi connectivity index (χ1n) is 9.91. The number of hydrogen-bond donors (Lipinski definition) is 3. The van der Waals surface area contributed by atoms with Gasteiger partial charge in [0.05, 0.1) is 11.3 Å². The quantitative estimate of drug-likeness (QED) is 0.314. The van der Waals surface area contributed by atoms with Crippen molar-refractivity contribution in [3.8, 4) is 11.1 Å². The molecule has 8 heteroatoms. The van der Waals surface area contributed by atoms with Gasteiger partial charge in [0.1, 0.15) is 16.9 Å². The lowest BCUT2D eigenvalue weighted by molar-refractivity contribution is 0.127. The van der Waals surface area contributed by atoms with E-state index >= 15 is 0 Å². The Hall–Kier alpha value is -3.00. The number of nitrogens with zero attached hydrogens (tertiary/aromatic N) is 2. The molecule has 2 heterocycles. The lowest BCUT2D eigenvalue weighted by Crippen LogP contribution is -2.58. The number of fused-ring (bicyclic) bond motifs is 1. The molecule has 0 bridgehead atoms. The van der Waals surface area contributed by atoms with E-state index in [4.69, 9.17) is 16.0 Å². The Balaban J connectivity index is 1.57. The molecule has 3 aromatic rings. The molecule has 4 rings (SSSR count). The van der Waals surface area contributed by atoms with Gasteiger partial charge in [0, 0.05) is 24.5 Å². The molecule has 1 unspecified atom stereocenters. The van der Waals surface area contributed by atoms with E-state index in [2.05, 4.69) is 35.0 Å². The van der Waals surface area contributed by atoms with Gasteiger partial charge in [-0.05, 0) is 43.7 Å². The topological polar surface area (TPSA) is 72.8 Å². The standard InChI is InChI=1S/C22H24ClN5O2/c1-3-27(4-2)21-14-20(23)25-28(26-21)24-17-11-10-16-12-18(15-8-6-5-7-9-15)22(29)30-19(16)13-17/h5-14,20,24-26H,3-4H2,1-2H3. The molecule has 1 aliphatic rings. The van der Waals surface area contributed by atoms with Crippen LogP contribution in [0.1, 0.15) is 13.8 Å². The Kier molecular flexibility index (Phi) is 5.94. The molecule has 1 aromatic heterocycles. The van der Waals surface area contributed by atoms with Crippen LogP contribution in [-0.4, -0.2) is 28.7 Å². The second kappa shape index (κ2) is 8.79. The third kappa shape index (κ3) is 4.28. The number of rotatable bonds is 6. The average molecular weight is 426 g/mol. The zero-order valence-corrected chi connectivity index (χ0v) is 17.6. The van der Waals surface area contributed by atoms with Crippen molar-refractivity contribution in [3.63, 3.8) is 0 Å². The van der Waals surface area contributed by atoms with Crippen molar-refractivity contribution in [2.75, 3.05) is 18.5 Å². The summed E-state index contributed by atoms with van der Waals surface area (Å²) >= 11 is 6.33. The molecule has 0 saturated carbocycles. The van der Waals surface area contributed by atoms with E-state index in [9.17, 15) is 4.79 Å². The van der Waals surface area contributed by atoms with Crippen molar-refractivity contribution in [2.45, 2.75) is 19.3 Å². The number of anilines is 1. The molecule has 1 atom stereocenters. The minimum Gasteiger partial charge on any atom is -0.422 e. The Bertz CT molecular complexity index is 1110. The van der Waals surface area contributed by atoms with Crippen LogP contribution in [0.5, 0.6) is 0 Å². The van der Waals surface area contributed by atoms with Gasteiger partial charge in [0.15, 0.2) is 0 Å². The summed E-state index contributed by atoms with van der Waals surface area (Å²) in [5.74, 6) is 0.908. The Morgan fingerprint density at radius 2 is 1.90 bits per heavy atom. The summed E-state index contributed by atoms with van der Waals surface area (Å²) in [7, 11) is 0. The van der Waals surface area contributed by atoms with Crippen LogP contribution < -0.4 is 21.9 Å². The molecule has 0 amide bonds. The first kappa shape index (κ1) is 20.3. The molecular weight excluding hydrogens is 402 g/mol. The van der Waals surface area contributed by atoms with Crippen LogP contribution in [0.15, 0.2) is 75.7 Å². The van der Waals surface area contributed by atoms with Crippen LogP contribution in [0.25, 0.3) is 22.1 Å². The second-order valence-corrected chi connectivity index (χ2v) is 7.35. The number of nitrogens with one attached hydrogen (secondary N) is 3. The van der Waals surface area contributed by atoms with Crippen molar-refractivity contribution >= 4 is 28.3 Å². The number of benzene rings is 2. The number of hydrazine groups is 3. The maximum absolute atomic E-state index is 12.5. The average Bonchev–Trinajstić information content (AvgIpc) is 2.74. The third-order valence-electron chi connectivity index (χ3n) is 4.95. The third-order valence-corrected chi connectivity index (χ3v) is 5.17. The predicted octanol–water partition coefficient (Wildman–Crippen LogP) is 3.86. The van der Waals surface area contributed by atoms with E-state index in [0.717, 1.165) is 35.5 Å². The SMILES string of the molecule is CCN(CC)C1=CC(Cl)NN(Nc2ccc3cc(-c4ccccc4)c(=O)oc3c2)N1. The summed E-state index contributed by atoms with van der Waals surface area (Å²) in [5.41, 5.74) is 11.4. The molecule has 7 nitrogen and oxygen atoms in total. The van der Waals surface area contributed by atoms with Crippen LogP contribution in [0.3, 0.4) is 0 Å². The summed E-state index contributed by atoms with van der Waals surface area (Å²) < 4.78 is 5.59. The van der Waals surface area contributed by atoms with Crippen molar-refractivity contribution in [2.24, 2.45) is 0 Å². The summed E-state index contributed by atoms with van der Waals surface area (Å²) in [6.45, 7) is 5.89. The van der Waals surface area contributed by atoms with Crippen molar-refractivity contribution < 1.29 is 4.42 Å². The molecule has 0 spiro atoms. The molecule has 30 heavy (non-hydrogen) atoms. The van der Waals surface area contributed by atoms with Gasteiger partial charge in [-0.15, -0.1) is 0 Å². The highest BCUT2D eigenvalue weighted by Gasteiger charge is 2.20. The first-order chi connectivity index (χ1) is 14.6. The van der Waals surface area contributed by atoms with E-state index in [1.54, 1.807) is 11.3 Å². The van der Waals surface area contributed by atoms with Gasteiger partial charge in [0.2, 0.25) is 0 Å². The van der Waals surface area contributed by atoms with Gasteiger partial charge >= 0.3 is 5.63 Å². The van der Waals surface area contributed by atoms with Crippen molar-refractivity contribution in [1.82, 2.24) is 21.0 Å². The van der Waals surface area contributed by atoms with E-state index in [-0.39, 0.29) is 11.1 Å². The van der Waals surface area contributed by atoms with E-state index in [0.29, 0.717) is 11.1 Å². The van der Waals surface area contributed by atoms with Gasteiger partial charge in [0.25, 0.3) is 0 Å². The van der Waals surface area contributed by atoms with Gasteiger partial charge < -0.3 is 9.32 Å². The van der Waals surface area contributed by atoms with E-state index < -0.39 is 0 Å². The Morgan fingerprint density at radius 3 is 2.63 bits per heavy atom. The molecule has 0 radical (unpaired) electrons. The Morgan fingerprint density at radius 1 is 1.13 bits per heavy atom. The van der Waals surface area contributed by atoms with Crippen molar-refractivity contribution in [3.05, 3.63) is 76.9 Å². The van der Waals surface area contributed by atoms with E-state index in [1.165, 1.54) is 0 Å². The van der Waals surface area contributed by atoms with Gasteiger partial charge in [-0.3, -0.25) is 10.9 Å². The monoisotopic (exact) mass is 425 g/mol. The smallest absolute Gasteiger partial charge is 0.344 e. The minimum absolute atomic E-state index is 0.368. The maximum atomic E-state index is 12.5. The van der Waals surface area contributed by atoms with Gasteiger partial charge in [-0.2, -0.15) is 5.43 Å². The van der Waals surface area contributed by atoms with E-state index in [1.807, 2.05) is 54.6 Å². The van der Waals surface area contributed by atoms with Gasteiger partial charge in [-0.25, -0.2) is 4.79 Å². The largest absolute Gasteiger partial charge is 0.422 e. The fraction of sp³-hybridized carbons (Fsp3) is 0.227. The molecule has 0 aliphatic carbocycles. The molecule has 0 fully saturated rings. The molecule has 156 valence electrons. The maximum Gasteiger partial charge on any atom is 0.344 e. The summed E-state index contributed by atoms with van der Waals surface area (Å²) in [6, 6.07) is 17.0. The minimum atomic E-state index is -0.374. The highest BCUT2D eigenvalue weighted by molar-refractivity contribution is 6.21. The first-order valence-corrected chi connectivity index (χ1v) is 10.3. The molecule has 0 saturated heterocycles. The number of halogens is 1. The molecule has 3 N–H and O–H groups in total. The summed E-state index contributed by atoms with van der Waals surface area (Å²) in [4.78, 5) is 14.7. The summed E-state index contributed by atoms with van der Waals surface area (Å²) in [5, 5.41) is 2.45. The number of alkyl halides is 1. The highest BCUT2D eigenvalue weighted by atomic mass is 35.5. The van der Waals surface area contributed by atoms with Crippen molar-refractivity contribution in [1.29, 1.82) is 0 Å². The fourth-order valence-electron chi connectivity index (χ4n) is 3.41. The Labute approximate surface area is 179 Å². The van der Waals surface area contributed by atoms with Crippen LogP contribution >= 0.6 is 11.6 Å². The zero-order valence-electron chi connectivity index (χ0n) is 16.9. The lowest BCUT2D eigenvalue weighted by atomic mass is 10.1. The lowest BCUT2D eigenvalue weighted by Gasteiger charge is -2.36. The molecule has 1 aliphatic heterocycles. The predicted molar refractivity (Wildman–Crippen MR) is 120 cm³/mol. The summed E-state index contributed by atoms with van der Waals surface area (Å²) in [6.07, 6.45) is 1.91. The van der Waals surface area contributed by atoms with Crippen LogP contribution in [0.2, 0.25) is 0 Å². The van der Waals surface area contributed by atoms with Crippen LogP contribution in [0.4, 0.5) is 5.69 Å². The molecule has 2 aromatic carbocycles. The second-order valence-electron chi connectivity index (χ2n) is 6.88. The molecular formula is C22H24ClN5O2. The fourth-order valence-corrected chi connectivity index (χ4v) is 3.63. The van der Waals surface area contributed by atoms with Crippen LogP contribution in [0, 0.1) is 0 Å². The van der Waals surface area contributed by atoms with Crippen LogP contribution in [-0.2, 0) is 0 Å². The number of hydrogen-bond acceptors (Lipinski definition) is 7. The highest BCUT2D eigenvalue weighted by Crippen LogP contribution is 2.24. The zero-order chi connectivity index (χ0) is 21.1.